The molecule has 2 aliphatic rings. The summed E-state index contributed by atoms with van der Waals surface area (Å²) in [5, 5.41) is 15.2. The minimum Gasteiger partial charge on any atom is -0.478 e. The molecular formula is C25H25Br2N5O5S. The maximum absolute atomic E-state index is 13.6. The number of aliphatic carboxylic acids is 1. The van der Waals surface area contributed by atoms with Crippen LogP contribution >= 0.6 is 43.6 Å². The summed E-state index contributed by atoms with van der Waals surface area (Å²) in [4.78, 5) is 56.9. The number of carbonyl (C=O) groups excluding carboxylic acids is 3. The number of amidine groups is 1. The average Bonchev–Trinajstić information content (AvgIpc) is 3.05. The molecule has 2 heterocycles. The second kappa shape index (κ2) is 10.7. The number of aliphatic imine (C=N–C) groups is 1. The van der Waals surface area contributed by atoms with E-state index in [4.69, 9.17) is 5.73 Å². The van der Waals surface area contributed by atoms with Gasteiger partial charge >= 0.3 is 5.97 Å². The second-order valence-electron chi connectivity index (χ2n) is 9.30. The quantitative estimate of drug-likeness (QED) is 0.192. The molecule has 4 rings (SSSR count). The van der Waals surface area contributed by atoms with Gasteiger partial charge in [-0.2, -0.15) is 0 Å². The van der Waals surface area contributed by atoms with Crippen LogP contribution < -0.4 is 16.4 Å². The van der Waals surface area contributed by atoms with Gasteiger partial charge in [0.1, 0.15) is 18.4 Å². The second-order valence-corrected chi connectivity index (χ2v) is 12.8. The largest absolute Gasteiger partial charge is 0.478 e. The highest BCUT2D eigenvalue weighted by molar-refractivity contribution is 9.13. The fraction of sp³-hybridized carbons (Fsp3) is 0.320. The highest BCUT2D eigenvalue weighted by Gasteiger charge is 2.70. The van der Waals surface area contributed by atoms with E-state index >= 15 is 0 Å². The first-order valence-electron chi connectivity index (χ1n) is 11.5. The number of nitrogens with one attached hydrogen (secondary N) is 2. The predicted molar refractivity (Wildman–Crippen MR) is 150 cm³/mol. The molecule has 2 aliphatic heterocycles. The van der Waals surface area contributed by atoms with Crippen LogP contribution in [0.5, 0.6) is 0 Å². The zero-order valence-electron chi connectivity index (χ0n) is 20.4. The summed E-state index contributed by atoms with van der Waals surface area (Å²) in [6, 6.07) is 12.5. The Balaban J connectivity index is 1.57. The molecule has 0 bridgehead atoms. The Morgan fingerprint density at radius 2 is 1.87 bits per heavy atom. The molecule has 200 valence electrons. The van der Waals surface area contributed by atoms with Crippen molar-refractivity contribution in [1.82, 2.24) is 15.5 Å². The Kier molecular flexibility index (Phi) is 7.91. The first kappa shape index (κ1) is 28.1. The normalized spacial score (nSPS) is 22.7. The van der Waals surface area contributed by atoms with Crippen LogP contribution in [0.25, 0.3) is 0 Å². The number of benzene rings is 2. The molecule has 0 aliphatic carbocycles. The van der Waals surface area contributed by atoms with Crippen molar-refractivity contribution in [3.8, 4) is 0 Å². The summed E-state index contributed by atoms with van der Waals surface area (Å²) in [5.74, 6) is -2.95. The van der Waals surface area contributed by atoms with E-state index in [1.807, 2.05) is 0 Å². The summed E-state index contributed by atoms with van der Waals surface area (Å²) in [7, 11) is 0. The van der Waals surface area contributed by atoms with Crippen LogP contribution in [-0.4, -0.2) is 61.9 Å². The molecule has 0 spiro atoms. The zero-order valence-corrected chi connectivity index (χ0v) is 24.4. The van der Waals surface area contributed by atoms with E-state index in [2.05, 4.69) is 47.5 Å². The molecule has 3 amide bonds. The number of nitrogens with zero attached hydrogens (tertiary/aromatic N) is 2. The number of hydrogen-bond acceptors (Lipinski definition) is 6. The Hall–Kier alpha value is -2.90. The van der Waals surface area contributed by atoms with Crippen LogP contribution in [0.15, 0.2) is 62.5 Å². The van der Waals surface area contributed by atoms with Gasteiger partial charge in [0.05, 0.1) is 16.5 Å². The van der Waals surface area contributed by atoms with E-state index in [0.717, 1.165) is 8.95 Å². The van der Waals surface area contributed by atoms with Gasteiger partial charge in [0.15, 0.2) is 0 Å². The molecule has 38 heavy (non-hydrogen) atoms. The topological polar surface area (TPSA) is 154 Å². The van der Waals surface area contributed by atoms with Crippen LogP contribution in [0, 0.1) is 0 Å². The molecular weight excluding hydrogens is 642 g/mol. The Morgan fingerprint density at radius 1 is 1.18 bits per heavy atom. The summed E-state index contributed by atoms with van der Waals surface area (Å²) in [6.07, 6.45) is 0.201. The average molecular weight is 667 g/mol. The number of hydrogen-bond donors (Lipinski definition) is 4. The monoisotopic (exact) mass is 665 g/mol. The maximum atomic E-state index is 13.6. The maximum Gasteiger partial charge on any atom is 0.352 e. The van der Waals surface area contributed by atoms with Crippen molar-refractivity contribution in [2.75, 3.05) is 6.54 Å². The molecule has 0 radical (unpaired) electrons. The van der Waals surface area contributed by atoms with Gasteiger partial charge in [0.25, 0.3) is 0 Å². The lowest BCUT2D eigenvalue weighted by Crippen LogP contribution is -2.75. The van der Waals surface area contributed by atoms with Crippen molar-refractivity contribution in [2.24, 2.45) is 10.7 Å². The van der Waals surface area contributed by atoms with Crippen molar-refractivity contribution >= 4 is 73.1 Å². The fourth-order valence-electron chi connectivity index (χ4n) is 4.53. The summed E-state index contributed by atoms with van der Waals surface area (Å²) < 4.78 is 0.563. The molecule has 10 nitrogen and oxygen atoms in total. The fourth-order valence-corrected chi connectivity index (χ4v) is 6.85. The minimum absolute atomic E-state index is 0.131. The molecule has 13 heteroatoms. The zero-order chi connectivity index (χ0) is 27.8. The van der Waals surface area contributed by atoms with Crippen LogP contribution in [0.4, 0.5) is 0 Å². The number of halogens is 2. The van der Waals surface area contributed by atoms with Crippen LogP contribution in [0.3, 0.4) is 0 Å². The van der Waals surface area contributed by atoms with E-state index in [1.54, 1.807) is 62.4 Å². The third kappa shape index (κ3) is 5.06. The third-order valence-electron chi connectivity index (χ3n) is 6.49. The predicted octanol–water partition coefficient (Wildman–Crippen LogP) is 2.76. The lowest BCUT2D eigenvalue weighted by atomic mass is 9.89. The molecule has 2 fully saturated rings. The van der Waals surface area contributed by atoms with E-state index in [-0.39, 0.29) is 30.1 Å². The van der Waals surface area contributed by atoms with Gasteiger partial charge in [0, 0.05) is 14.5 Å². The van der Waals surface area contributed by atoms with Gasteiger partial charge in [-0.25, -0.2) is 4.79 Å². The van der Waals surface area contributed by atoms with Crippen LogP contribution in [-0.2, 0) is 19.2 Å². The molecule has 1 unspecified atom stereocenters. The summed E-state index contributed by atoms with van der Waals surface area (Å²) in [5.41, 5.74) is 5.10. The summed E-state index contributed by atoms with van der Waals surface area (Å²) >= 11 is 8.09. The van der Waals surface area contributed by atoms with Gasteiger partial charge in [-0.1, -0.05) is 36.4 Å². The van der Waals surface area contributed by atoms with Crippen molar-refractivity contribution < 1.29 is 24.3 Å². The number of thioether (sulfide) groups is 1. The van der Waals surface area contributed by atoms with E-state index in [0.29, 0.717) is 11.1 Å². The van der Waals surface area contributed by atoms with Crippen molar-refractivity contribution in [1.29, 1.82) is 0 Å². The van der Waals surface area contributed by atoms with E-state index < -0.39 is 34.2 Å². The number of β-lactam (4-membered cyclic amide) rings is 1. The number of carboxylic acid groups (broad SMARTS) is 1. The first-order valence-corrected chi connectivity index (χ1v) is 14.0. The van der Waals surface area contributed by atoms with Gasteiger partial charge in [-0.3, -0.25) is 24.3 Å². The highest BCUT2D eigenvalue weighted by Crippen LogP contribution is 2.55. The molecule has 2 aromatic carbocycles. The molecule has 0 aromatic heterocycles. The Morgan fingerprint density at radius 3 is 2.47 bits per heavy atom. The van der Waals surface area contributed by atoms with Crippen molar-refractivity contribution in [3.05, 3.63) is 68.6 Å². The Labute approximate surface area is 240 Å². The van der Waals surface area contributed by atoms with Gasteiger partial charge in [-0.15, -0.1) is 11.8 Å². The lowest BCUT2D eigenvalue weighted by molar-refractivity contribution is -0.173. The minimum atomic E-state index is -1.98. The number of carbonyl (C=O) groups is 4. The van der Waals surface area contributed by atoms with Crippen LogP contribution in [0.2, 0.25) is 0 Å². The highest BCUT2D eigenvalue weighted by atomic mass is 79.9. The smallest absolute Gasteiger partial charge is 0.352 e. The Bertz CT molecular complexity index is 1340. The van der Waals surface area contributed by atoms with Gasteiger partial charge in [-0.05, 0) is 63.4 Å². The number of carboxylic acids is 1. The molecule has 5 N–H and O–H groups in total. The summed E-state index contributed by atoms with van der Waals surface area (Å²) in [6.45, 7) is 2.98. The number of amides is 3. The molecule has 0 saturated carbocycles. The lowest BCUT2D eigenvalue weighted by Gasteiger charge is -2.46. The third-order valence-corrected chi connectivity index (χ3v) is 9.91. The first-order chi connectivity index (χ1) is 17.9. The van der Waals surface area contributed by atoms with Crippen molar-refractivity contribution in [2.45, 2.75) is 42.1 Å². The molecule has 2 saturated heterocycles. The SMILES string of the molecule is CC1(C)S[C@@H]2CC(=O)N2[C@@]1(NC(=O)C(NC(=O)CN=C(N)c1ccc(Br)c(Br)c1)c1ccccc1)C(=O)O. The molecule has 3 atom stereocenters. The molecule has 2 aromatic rings. The van der Waals surface area contributed by atoms with Crippen molar-refractivity contribution in [3.63, 3.8) is 0 Å². The van der Waals surface area contributed by atoms with Gasteiger partial charge in [0.2, 0.25) is 23.4 Å². The number of fused-ring (bicyclic) bond motifs is 1. The van der Waals surface area contributed by atoms with E-state index in [9.17, 15) is 24.3 Å². The van der Waals surface area contributed by atoms with Crippen LogP contribution in [0.1, 0.15) is 37.4 Å². The number of nitrogens with two attached hydrogens (primary N) is 1. The standard InChI is InChI=1S/C25H25Br2N5O5S/c1-24(2)25(23(36)37,32-18(34)11-19(32)38-24)31-22(35)20(13-6-4-3-5-7-13)30-17(33)12-29-21(28)14-8-9-15(26)16(27)10-14/h3-10,19-20H,11-12H2,1-2H3,(H2,28,29)(H,30,33)(H,31,35)(H,36,37)/t19-,20?,25+/m1/s1. The van der Waals surface area contributed by atoms with E-state index in [1.165, 1.54) is 16.7 Å². The van der Waals surface area contributed by atoms with Gasteiger partial charge < -0.3 is 21.5 Å². The number of rotatable bonds is 8.